The van der Waals surface area contributed by atoms with Crippen molar-refractivity contribution in [2.45, 2.75) is 20.4 Å². The van der Waals surface area contributed by atoms with Crippen LogP contribution in [0.3, 0.4) is 0 Å². The molecule has 1 aromatic heterocycles. The largest absolute Gasteiger partial charge is 0.496 e. The fraction of sp³-hybridized carbons (Fsp3) is 0.333. The highest BCUT2D eigenvalue weighted by atomic mass is 19.1. The quantitative estimate of drug-likeness (QED) is 0.788. The van der Waals surface area contributed by atoms with Crippen molar-refractivity contribution in [2.75, 3.05) is 7.11 Å². The fourth-order valence-electron chi connectivity index (χ4n) is 2.09. The van der Waals surface area contributed by atoms with Crippen LogP contribution in [0.15, 0.2) is 24.4 Å². The van der Waals surface area contributed by atoms with Gasteiger partial charge in [-0.05, 0) is 18.1 Å². The molecule has 2 aromatic rings. The van der Waals surface area contributed by atoms with Gasteiger partial charge in [0, 0.05) is 12.7 Å². The zero-order valence-corrected chi connectivity index (χ0v) is 11.8. The van der Waals surface area contributed by atoms with Crippen molar-refractivity contribution < 1.29 is 13.9 Å². The van der Waals surface area contributed by atoms with Gasteiger partial charge in [-0.25, -0.2) is 4.39 Å². The predicted molar refractivity (Wildman–Crippen MR) is 74.4 cm³/mol. The third-order valence-corrected chi connectivity index (χ3v) is 2.90. The Morgan fingerprint density at radius 3 is 2.80 bits per heavy atom. The van der Waals surface area contributed by atoms with Gasteiger partial charge >= 0.3 is 0 Å². The van der Waals surface area contributed by atoms with Crippen LogP contribution < -0.4 is 4.74 Å². The molecule has 0 spiro atoms. The molecule has 0 fully saturated rings. The zero-order chi connectivity index (χ0) is 14.7. The molecule has 0 amide bonds. The summed E-state index contributed by atoms with van der Waals surface area (Å²) in [4.78, 5) is 11.2. The number of methoxy groups -OCH3 is 1. The number of carbonyl (C=O) groups excluding carboxylic acids is 1. The maximum Gasteiger partial charge on any atom is 0.153 e. The van der Waals surface area contributed by atoms with Crippen molar-refractivity contribution >= 4 is 6.29 Å². The smallest absolute Gasteiger partial charge is 0.153 e. The second-order valence-electron chi connectivity index (χ2n) is 4.98. The Labute approximate surface area is 117 Å². The van der Waals surface area contributed by atoms with E-state index in [1.807, 2.05) is 13.8 Å². The fourth-order valence-corrected chi connectivity index (χ4v) is 2.09. The van der Waals surface area contributed by atoms with E-state index in [2.05, 4.69) is 5.10 Å². The Morgan fingerprint density at radius 2 is 2.20 bits per heavy atom. The van der Waals surface area contributed by atoms with E-state index >= 15 is 0 Å². The number of benzene rings is 1. The number of halogens is 1. The van der Waals surface area contributed by atoms with Crippen LogP contribution >= 0.6 is 0 Å². The van der Waals surface area contributed by atoms with Crippen LogP contribution in [0.2, 0.25) is 0 Å². The summed E-state index contributed by atoms with van der Waals surface area (Å²) < 4.78 is 20.9. The Balaban J connectivity index is 2.57. The van der Waals surface area contributed by atoms with Gasteiger partial charge in [-0.3, -0.25) is 9.48 Å². The molecule has 0 N–H and O–H groups in total. The summed E-state index contributed by atoms with van der Waals surface area (Å²) in [5, 5.41) is 4.33. The van der Waals surface area contributed by atoms with E-state index < -0.39 is 5.82 Å². The van der Waals surface area contributed by atoms with E-state index in [4.69, 9.17) is 4.74 Å². The van der Waals surface area contributed by atoms with E-state index in [9.17, 15) is 9.18 Å². The van der Waals surface area contributed by atoms with E-state index in [0.29, 0.717) is 35.8 Å². The Hall–Kier alpha value is -2.17. The summed E-state index contributed by atoms with van der Waals surface area (Å²) in [5.41, 5.74) is 0.893. The SMILES string of the molecule is COc1cccc(F)c1-c1nn(CC(C)C)cc1C=O. The lowest BCUT2D eigenvalue weighted by molar-refractivity contribution is 0.112. The average Bonchev–Trinajstić information content (AvgIpc) is 2.79. The highest BCUT2D eigenvalue weighted by molar-refractivity contribution is 5.87. The summed E-state index contributed by atoms with van der Waals surface area (Å²) in [7, 11) is 1.46. The first-order valence-electron chi connectivity index (χ1n) is 6.42. The molecule has 20 heavy (non-hydrogen) atoms. The number of hydrogen-bond donors (Lipinski definition) is 0. The summed E-state index contributed by atoms with van der Waals surface area (Å²) in [5.74, 6) is 0.287. The van der Waals surface area contributed by atoms with Crippen LogP contribution in [-0.2, 0) is 6.54 Å². The van der Waals surface area contributed by atoms with Crippen molar-refractivity contribution in [3.05, 3.63) is 35.8 Å². The number of aldehydes is 1. The number of hydrogen-bond acceptors (Lipinski definition) is 3. The zero-order valence-electron chi connectivity index (χ0n) is 11.8. The summed E-state index contributed by atoms with van der Waals surface area (Å²) in [6.07, 6.45) is 2.32. The van der Waals surface area contributed by atoms with Crippen molar-refractivity contribution in [1.29, 1.82) is 0 Å². The first-order valence-corrected chi connectivity index (χ1v) is 6.42. The van der Waals surface area contributed by atoms with Crippen molar-refractivity contribution in [1.82, 2.24) is 9.78 Å². The monoisotopic (exact) mass is 276 g/mol. The van der Waals surface area contributed by atoms with Crippen LogP contribution in [0.25, 0.3) is 11.3 Å². The first kappa shape index (κ1) is 14.2. The number of rotatable bonds is 5. The van der Waals surface area contributed by atoms with Crippen molar-refractivity contribution in [3.8, 4) is 17.0 Å². The molecule has 5 heteroatoms. The third-order valence-electron chi connectivity index (χ3n) is 2.90. The lowest BCUT2D eigenvalue weighted by Gasteiger charge is -2.08. The first-order chi connectivity index (χ1) is 9.56. The molecule has 0 saturated heterocycles. The summed E-state index contributed by atoms with van der Waals surface area (Å²) in [6.45, 7) is 4.76. The minimum atomic E-state index is -0.456. The molecule has 0 aliphatic rings. The Morgan fingerprint density at radius 1 is 1.45 bits per heavy atom. The van der Waals surface area contributed by atoms with Gasteiger partial charge in [0.15, 0.2) is 6.29 Å². The molecule has 1 heterocycles. The number of nitrogens with zero attached hydrogens (tertiary/aromatic N) is 2. The van der Waals surface area contributed by atoms with Crippen molar-refractivity contribution in [2.24, 2.45) is 5.92 Å². The van der Waals surface area contributed by atoms with E-state index in [-0.39, 0.29) is 5.56 Å². The van der Waals surface area contributed by atoms with Gasteiger partial charge in [0.1, 0.15) is 17.3 Å². The molecule has 0 unspecified atom stereocenters. The predicted octanol–water partition coefficient (Wildman–Crippen LogP) is 3.17. The van der Waals surface area contributed by atoms with E-state index in [1.165, 1.54) is 13.2 Å². The maximum atomic E-state index is 14.1. The third kappa shape index (κ3) is 2.71. The Bertz CT molecular complexity index is 620. The second kappa shape index (κ2) is 5.86. The molecule has 0 saturated carbocycles. The lowest BCUT2D eigenvalue weighted by atomic mass is 10.1. The molecule has 0 aliphatic heterocycles. The minimum absolute atomic E-state index is 0.222. The van der Waals surface area contributed by atoms with E-state index in [1.54, 1.807) is 23.0 Å². The van der Waals surface area contributed by atoms with Crippen LogP contribution in [0.5, 0.6) is 5.75 Å². The van der Waals surface area contributed by atoms with Crippen molar-refractivity contribution in [3.63, 3.8) is 0 Å². The number of carbonyl (C=O) groups is 1. The van der Waals surface area contributed by atoms with Gasteiger partial charge in [-0.2, -0.15) is 5.10 Å². The van der Waals surface area contributed by atoms with Gasteiger partial charge in [0.2, 0.25) is 0 Å². The molecular formula is C15H17FN2O2. The van der Waals surface area contributed by atoms with Gasteiger partial charge in [0.25, 0.3) is 0 Å². The normalized spacial score (nSPS) is 10.8. The average molecular weight is 276 g/mol. The van der Waals surface area contributed by atoms with Gasteiger partial charge in [-0.1, -0.05) is 19.9 Å². The Kier molecular flexibility index (Phi) is 4.17. The van der Waals surface area contributed by atoms with Gasteiger partial charge in [-0.15, -0.1) is 0 Å². The van der Waals surface area contributed by atoms with Crippen LogP contribution in [0.4, 0.5) is 4.39 Å². The number of ether oxygens (including phenoxy) is 1. The standard InChI is InChI=1S/C15H17FN2O2/c1-10(2)7-18-8-11(9-19)15(17-18)14-12(16)5-4-6-13(14)20-3/h4-6,8-10H,7H2,1-3H3. The maximum absolute atomic E-state index is 14.1. The topological polar surface area (TPSA) is 44.1 Å². The minimum Gasteiger partial charge on any atom is -0.496 e. The molecule has 0 bridgehead atoms. The number of aromatic nitrogens is 2. The highest BCUT2D eigenvalue weighted by Crippen LogP contribution is 2.33. The van der Waals surface area contributed by atoms with Crippen LogP contribution in [-0.4, -0.2) is 23.2 Å². The van der Waals surface area contributed by atoms with Gasteiger partial charge < -0.3 is 4.74 Å². The molecular weight excluding hydrogens is 259 g/mol. The van der Waals surface area contributed by atoms with Gasteiger partial charge in [0.05, 0.1) is 18.2 Å². The molecule has 0 radical (unpaired) electrons. The summed E-state index contributed by atoms with van der Waals surface area (Å²) >= 11 is 0. The van der Waals surface area contributed by atoms with Crippen LogP contribution in [0, 0.1) is 11.7 Å². The summed E-state index contributed by atoms with van der Waals surface area (Å²) in [6, 6.07) is 4.53. The molecule has 106 valence electrons. The van der Waals surface area contributed by atoms with E-state index in [0.717, 1.165) is 0 Å². The molecule has 4 nitrogen and oxygen atoms in total. The molecule has 0 atom stereocenters. The molecule has 2 rings (SSSR count). The second-order valence-corrected chi connectivity index (χ2v) is 4.98. The lowest BCUT2D eigenvalue weighted by Crippen LogP contribution is -2.05. The highest BCUT2D eigenvalue weighted by Gasteiger charge is 2.19. The molecule has 0 aliphatic carbocycles. The molecule has 1 aromatic carbocycles. The van der Waals surface area contributed by atoms with Crippen LogP contribution in [0.1, 0.15) is 24.2 Å².